The van der Waals surface area contributed by atoms with E-state index in [2.05, 4.69) is 4.98 Å². The maximum absolute atomic E-state index is 5.78. The largest absolute Gasteiger partial charge is 0.495 e. The zero-order valence-electron chi connectivity index (χ0n) is 7.45. The van der Waals surface area contributed by atoms with Gasteiger partial charge in [-0.25, -0.2) is 0 Å². The Balaban J connectivity index is 2.77. The summed E-state index contributed by atoms with van der Waals surface area (Å²) in [5.41, 5.74) is 6.70. The second kappa shape index (κ2) is 4.07. The third-order valence-electron chi connectivity index (χ3n) is 1.81. The van der Waals surface area contributed by atoms with Gasteiger partial charge in [-0.15, -0.1) is 0 Å². The van der Waals surface area contributed by atoms with Crippen molar-refractivity contribution in [2.24, 2.45) is 5.73 Å². The van der Waals surface area contributed by atoms with Crippen LogP contribution in [0.4, 0.5) is 0 Å². The van der Waals surface area contributed by atoms with Crippen LogP contribution >= 0.6 is 0 Å². The van der Waals surface area contributed by atoms with E-state index in [1.807, 2.05) is 19.1 Å². The van der Waals surface area contributed by atoms with Crippen molar-refractivity contribution in [2.75, 3.05) is 7.11 Å². The first kappa shape index (κ1) is 9.00. The van der Waals surface area contributed by atoms with Crippen LogP contribution in [0.15, 0.2) is 18.3 Å². The van der Waals surface area contributed by atoms with Crippen molar-refractivity contribution in [3.05, 3.63) is 24.0 Å². The van der Waals surface area contributed by atoms with Gasteiger partial charge >= 0.3 is 0 Å². The van der Waals surface area contributed by atoms with Gasteiger partial charge in [0, 0.05) is 6.04 Å². The van der Waals surface area contributed by atoms with Crippen molar-refractivity contribution < 1.29 is 4.74 Å². The predicted octanol–water partition coefficient (Wildman–Crippen LogP) is 1.50. The molecule has 1 aromatic heterocycles. The third kappa shape index (κ3) is 1.95. The Morgan fingerprint density at radius 1 is 1.58 bits per heavy atom. The monoisotopic (exact) mass is 166 g/mol. The van der Waals surface area contributed by atoms with E-state index in [1.165, 1.54) is 0 Å². The number of aromatic nitrogens is 1. The molecule has 2 N–H and O–H groups in total. The van der Waals surface area contributed by atoms with Gasteiger partial charge in [0.25, 0.3) is 0 Å². The SMILES string of the molecule is CCC(N)c1ccc(OC)cn1. The van der Waals surface area contributed by atoms with Crippen LogP contribution < -0.4 is 10.5 Å². The molecule has 1 aromatic rings. The molecule has 1 unspecified atom stereocenters. The number of nitrogens with two attached hydrogens (primary N) is 1. The number of nitrogens with zero attached hydrogens (tertiary/aromatic N) is 1. The summed E-state index contributed by atoms with van der Waals surface area (Å²) in [5, 5.41) is 0. The van der Waals surface area contributed by atoms with Crippen LogP contribution in [-0.4, -0.2) is 12.1 Å². The van der Waals surface area contributed by atoms with Crippen molar-refractivity contribution in [2.45, 2.75) is 19.4 Å². The van der Waals surface area contributed by atoms with Crippen molar-refractivity contribution in [1.82, 2.24) is 4.98 Å². The molecule has 1 rings (SSSR count). The summed E-state index contributed by atoms with van der Waals surface area (Å²) in [6.07, 6.45) is 2.59. The number of rotatable bonds is 3. The smallest absolute Gasteiger partial charge is 0.137 e. The number of hydrogen-bond donors (Lipinski definition) is 1. The Hall–Kier alpha value is -1.09. The fourth-order valence-electron chi connectivity index (χ4n) is 0.941. The topological polar surface area (TPSA) is 48.1 Å². The Labute approximate surface area is 72.6 Å². The van der Waals surface area contributed by atoms with Crippen LogP contribution in [0.5, 0.6) is 5.75 Å². The van der Waals surface area contributed by atoms with Crippen molar-refractivity contribution in [3.63, 3.8) is 0 Å². The summed E-state index contributed by atoms with van der Waals surface area (Å²) < 4.78 is 4.98. The van der Waals surface area contributed by atoms with E-state index in [1.54, 1.807) is 13.3 Å². The second-order valence-electron chi connectivity index (χ2n) is 2.64. The van der Waals surface area contributed by atoms with Crippen LogP contribution in [0.3, 0.4) is 0 Å². The quantitative estimate of drug-likeness (QED) is 0.740. The maximum Gasteiger partial charge on any atom is 0.137 e. The number of ether oxygens (including phenoxy) is 1. The summed E-state index contributed by atoms with van der Waals surface area (Å²) in [6.45, 7) is 2.04. The Morgan fingerprint density at radius 3 is 2.75 bits per heavy atom. The molecule has 1 heterocycles. The Kier molecular flexibility index (Phi) is 3.05. The number of pyridine rings is 1. The van der Waals surface area contributed by atoms with Gasteiger partial charge in [-0.05, 0) is 18.6 Å². The molecule has 0 saturated carbocycles. The molecule has 0 aliphatic carbocycles. The molecule has 0 aliphatic rings. The minimum Gasteiger partial charge on any atom is -0.495 e. The highest BCUT2D eigenvalue weighted by atomic mass is 16.5. The van der Waals surface area contributed by atoms with Gasteiger partial charge in [-0.2, -0.15) is 0 Å². The molecular formula is C9H14N2O. The first-order chi connectivity index (χ1) is 5.77. The minimum absolute atomic E-state index is 0.0379. The lowest BCUT2D eigenvalue weighted by Crippen LogP contribution is -2.10. The second-order valence-corrected chi connectivity index (χ2v) is 2.64. The van der Waals surface area contributed by atoms with Gasteiger partial charge in [0.2, 0.25) is 0 Å². The van der Waals surface area contributed by atoms with E-state index in [4.69, 9.17) is 10.5 Å². The predicted molar refractivity (Wildman–Crippen MR) is 48.0 cm³/mol. The molecular weight excluding hydrogens is 152 g/mol. The molecule has 3 nitrogen and oxygen atoms in total. The standard InChI is InChI=1S/C9H14N2O/c1-3-8(10)9-5-4-7(12-2)6-11-9/h4-6,8H,3,10H2,1-2H3. The molecule has 0 aromatic carbocycles. The van der Waals surface area contributed by atoms with E-state index in [-0.39, 0.29) is 6.04 Å². The fraction of sp³-hybridized carbons (Fsp3) is 0.444. The summed E-state index contributed by atoms with van der Waals surface area (Å²) >= 11 is 0. The van der Waals surface area contributed by atoms with Gasteiger partial charge < -0.3 is 10.5 Å². The molecule has 0 spiro atoms. The van der Waals surface area contributed by atoms with E-state index < -0.39 is 0 Å². The van der Waals surface area contributed by atoms with Crippen molar-refractivity contribution in [3.8, 4) is 5.75 Å². The molecule has 0 fully saturated rings. The van der Waals surface area contributed by atoms with Crippen LogP contribution in [0.2, 0.25) is 0 Å². The maximum atomic E-state index is 5.78. The van der Waals surface area contributed by atoms with Gasteiger partial charge in [0.15, 0.2) is 0 Å². The van der Waals surface area contributed by atoms with E-state index in [9.17, 15) is 0 Å². The molecule has 0 radical (unpaired) electrons. The molecule has 66 valence electrons. The summed E-state index contributed by atoms with van der Waals surface area (Å²) in [4.78, 5) is 4.17. The third-order valence-corrected chi connectivity index (χ3v) is 1.81. The molecule has 0 bridgehead atoms. The summed E-state index contributed by atoms with van der Waals surface area (Å²) in [6, 6.07) is 3.81. The van der Waals surface area contributed by atoms with E-state index in [0.717, 1.165) is 17.9 Å². The van der Waals surface area contributed by atoms with Crippen molar-refractivity contribution in [1.29, 1.82) is 0 Å². The zero-order valence-corrected chi connectivity index (χ0v) is 7.45. The molecule has 1 atom stereocenters. The van der Waals surface area contributed by atoms with Gasteiger partial charge in [0.05, 0.1) is 19.0 Å². The minimum atomic E-state index is 0.0379. The van der Waals surface area contributed by atoms with Gasteiger partial charge in [0.1, 0.15) is 5.75 Å². The summed E-state index contributed by atoms with van der Waals surface area (Å²) in [7, 11) is 1.62. The summed E-state index contributed by atoms with van der Waals surface area (Å²) in [5.74, 6) is 0.766. The average molecular weight is 166 g/mol. The lowest BCUT2D eigenvalue weighted by molar-refractivity contribution is 0.412. The number of hydrogen-bond acceptors (Lipinski definition) is 3. The van der Waals surface area contributed by atoms with Gasteiger partial charge in [-0.1, -0.05) is 6.92 Å². The van der Waals surface area contributed by atoms with E-state index in [0.29, 0.717) is 0 Å². The van der Waals surface area contributed by atoms with Gasteiger partial charge in [-0.3, -0.25) is 4.98 Å². The van der Waals surface area contributed by atoms with Crippen LogP contribution in [0.1, 0.15) is 25.1 Å². The lowest BCUT2D eigenvalue weighted by atomic mass is 10.1. The van der Waals surface area contributed by atoms with E-state index >= 15 is 0 Å². The number of methoxy groups -OCH3 is 1. The molecule has 12 heavy (non-hydrogen) atoms. The normalized spacial score (nSPS) is 12.6. The van der Waals surface area contributed by atoms with Crippen LogP contribution in [0.25, 0.3) is 0 Å². The van der Waals surface area contributed by atoms with Crippen LogP contribution in [0, 0.1) is 0 Å². The fourth-order valence-corrected chi connectivity index (χ4v) is 0.941. The average Bonchev–Trinajstić information content (AvgIpc) is 2.17. The first-order valence-corrected chi connectivity index (χ1v) is 4.03. The Bertz CT molecular complexity index is 233. The van der Waals surface area contributed by atoms with Crippen LogP contribution in [-0.2, 0) is 0 Å². The molecule has 0 aliphatic heterocycles. The Morgan fingerprint density at radius 2 is 2.33 bits per heavy atom. The highest BCUT2D eigenvalue weighted by molar-refractivity contribution is 5.21. The highest BCUT2D eigenvalue weighted by Crippen LogP contribution is 2.14. The molecule has 0 amide bonds. The van der Waals surface area contributed by atoms with Crippen molar-refractivity contribution >= 4 is 0 Å². The molecule has 3 heteroatoms. The first-order valence-electron chi connectivity index (χ1n) is 4.03. The molecule has 0 saturated heterocycles. The zero-order chi connectivity index (χ0) is 8.97. The highest BCUT2D eigenvalue weighted by Gasteiger charge is 2.03. The lowest BCUT2D eigenvalue weighted by Gasteiger charge is -2.07.